The van der Waals surface area contributed by atoms with Gasteiger partial charge in [0.2, 0.25) is 0 Å². The van der Waals surface area contributed by atoms with E-state index in [0.29, 0.717) is 15.7 Å². The number of ether oxygens (including phenoxy) is 1. The van der Waals surface area contributed by atoms with Gasteiger partial charge >= 0.3 is 5.97 Å². The number of aryl methyl sites for hydroxylation is 1. The van der Waals surface area contributed by atoms with Gasteiger partial charge in [-0.05, 0) is 42.3 Å². The maximum Gasteiger partial charge on any atom is 0.316 e. The van der Waals surface area contributed by atoms with E-state index in [1.165, 1.54) is 11.8 Å². The minimum Gasteiger partial charge on any atom is -0.460 e. The Morgan fingerprint density at radius 2 is 2.07 bits per heavy atom. The van der Waals surface area contributed by atoms with E-state index in [2.05, 4.69) is 10.2 Å². The van der Waals surface area contributed by atoms with E-state index >= 15 is 0 Å². The number of aromatic nitrogens is 3. The predicted octanol–water partition coefficient (Wildman–Crippen LogP) is 3.94. The summed E-state index contributed by atoms with van der Waals surface area (Å²) in [6.07, 6.45) is 1.57. The van der Waals surface area contributed by atoms with Gasteiger partial charge in [0.15, 0.2) is 5.16 Å². The molecule has 0 bridgehead atoms. The fourth-order valence-electron chi connectivity index (χ4n) is 2.24. The third-order valence-electron chi connectivity index (χ3n) is 3.75. The van der Waals surface area contributed by atoms with Gasteiger partial charge in [0.05, 0.1) is 23.1 Å². The number of thioether (sulfide) groups is 1. The Morgan fingerprint density at radius 1 is 1.30 bits per heavy atom. The molecule has 0 saturated carbocycles. The summed E-state index contributed by atoms with van der Waals surface area (Å²) in [6, 6.07) is 14.6. The number of nitriles is 1. The van der Waals surface area contributed by atoms with Crippen molar-refractivity contribution in [1.82, 2.24) is 14.8 Å². The Hall–Kier alpha value is -2.82. The monoisotopic (exact) mass is 398 g/mol. The smallest absolute Gasteiger partial charge is 0.316 e. The lowest BCUT2D eigenvalue weighted by molar-refractivity contribution is -0.141. The average molecular weight is 399 g/mol. The van der Waals surface area contributed by atoms with Gasteiger partial charge < -0.3 is 4.74 Å². The number of nitrogens with zero attached hydrogens (tertiary/aromatic N) is 4. The van der Waals surface area contributed by atoms with Crippen LogP contribution in [0.4, 0.5) is 0 Å². The normalized spacial score (nSPS) is 10.4. The molecule has 1 heterocycles. The summed E-state index contributed by atoms with van der Waals surface area (Å²) < 4.78 is 7.03. The van der Waals surface area contributed by atoms with Crippen LogP contribution in [0.15, 0.2) is 53.9 Å². The maximum atomic E-state index is 12.0. The SMILES string of the molecule is Cc1ccc(-n2cnnc2SCC(=O)OCc2ccc(C#N)cc2)cc1Cl. The summed E-state index contributed by atoms with van der Waals surface area (Å²) >= 11 is 7.41. The van der Waals surface area contributed by atoms with Crippen molar-refractivity contribution in [3.8, 4) is 11.8 Å². The molecule has 0 N–H and O–H groups in total. The van der Waals surface area contributed by atoms with E-state index in [-0.39, 0.29) is 18.3 Å². The fourth-order valence-corrected chi connectivity index (χ4v) is 3.14. The van der Waals surface area contributed by atoms with Gasteiger partial charge in [0, 0.05) is 5.02 Å². The molecule has 3 rings (SSSR count). The van der Waals surface area contributed by atoms with Gasteiger partial charge in [-0.1, -0.05) is 41.6 Å². The summed E-state index contributed by atoms with van der Waals surface area (Å²) in [7, 11) is 0. The zero-order valence-electron chi connectivity index (χ0n) is 14.4. The number of rotatable bonds is 6. The molecule has 0 radical (unpaired) electrons. The molecule has 0 spiro atoms. The van der Waals surface area contributed by atoms with Crippen LogP contribution in [0.5, 0.6) is 0 Å². The molecule has 2 aromatic carbocycles. The first-order valence-electron chi connectivity index (χ1n) is 8.01. The number of benzene rings is 2. The molecule has 0 unspecified atom stereocenters. The highest BCUT2D eigenvalue weighted by Gasteiger charge is 2.12. The second kappa shape index (κ2) is 8.71. The Bertz CT molecular complexity index is 996. The molecule has 0 amide bonds. The first-order valence-corrected chi connectivity index (χ1v) is 9.37. The average Bonchev–Trinajstić information content (AvgIpc) is 3.16. The topological polar surface area (TPSA) is 80.8 Å². The highest BCUT2D eigenvalue weighted by molar-refractivity contribution is 7.99. The summed E-state index contributed by atoms with van der Waals surface area (Å²) in [4.78, 5) is 12.0. The van der Waals surface area contributed by atoms with Gasteiger partial charge in [0.25, 0.3) is 0 Å². The third-order valence-corrected chi connectivity index (χ3v) is 5.08. The molecule has 6 nitrogen and oxygen atoms in total. The van der Waals surface area contributed by atoms with Crippen LogP contribution in [0.1, 0.15) is 16.7 Å². The van der Waals surface area contributed by atoms with Gasteiger partial charge in [-0.25, -0.2) is 0 Å². The van der Waals surface area contributed by atoms with E-state index < -0.39 is 0 Å². The first-order chi connectivity index (χ1) is 13.1. The number of hydrogen-bond acceptors (Lipinski definition) is 6. The van der Waals surface area contributed by atoms with Crippen molar-refractivity contribution in [2.24, 2.45) is 0 Å². The highest BCUT2D eigenvalue weighted by atomic mass is 35.5. The summed E-state index contributed by atoms with van der Waals surface area (Å²) in [5.74, 6) is -0.255. The summed E-state index contributed by atoms with van der Waals surface area (Å²) in [5, 5.41) is 18.0. The van der Waals surface area contributed by atoms with Crippen molar-refractivity contribution in [2.45, 2.75) is 18.7 Å². The van der Waals surface area contributed by atoms with Crippen molar-refractivity contribution in [2.75, 3.05) is 5.75 Å². The van der Waals surface area contributed by atoms with Gasteiger partial charge in [-0.15, -0.1) is 10.2 Å². The highest BCUT2D eigenvalue weighted by Crippen LogP contribution is 2.23. The molecule has 27 heavy (non-hydrogen) atoms. The Labute approximate surface area is 165 Å². The maximum absolute atomic E-state index is 12.0. The second-order valence-electron chi connectivity index (χ2n) is 5.68. The van der Waals surface area contributed by atoms with Crippen LogP contribution in [-0.2, 0) is 16.1 Å². The van der Waals surface area contributed by atoms with Crippen molar-refractivity contribution < 1.29 is 9.53 Å². The molecule has 136 valence electrons. The summed E-state index contributed by atoms with van der Waals surface area (Å²) in [5.41, 5.74) is 3.19. The lowest BCUT2D eigenvalue weighted by atomic mass is 10.2. The molecule has 0 aliphatic rings. The van der Waals surface area contributed by atoms with Gasteiger partial charge in [-0.3, -0.25) is 9.36 Å². The number of carbonyl (C=O) groups is 1. The van der Waals surface area contributed by atoms with Crippen LogP contribution in [0.25, 0.3) is 5.69 Å². The van der Waals surface area contributed by atoms with Crippen LogP contribution in [-0.4, -0.2) is 26.5 Å². The van der Waals surface area contributed by atoms with Crippen molar-refractivity contribution in [1.29, 1.82) is 5.26 Å². The number of esters is 1. The number of carbonyl (C=O) groups excluding carboxylic acids is 1. The van der Waals surface area contributed by atoms with E-state index in [4.69, 9.17) is 21.6 Å². The number of hydrogen-bond donors (Lipinski definition) is 0. The van der Waals surface area contributed by atoms with Crippen LogP contribution in [0.3, 0.4) is 0 Å². The summed E-state index contributed by atoms with van der Waals surface area (Å²) in [6.45, 7) is 2.09. The van der Waals surface area contributed by atoms with E-state index in [0.717, 1.165) is 16.8 Å². The van der Waals surface area contributed by atoms with Gasteiger partial charge in [0.1, 0.15) is 12.9 Å². The van der Waals surface area contributed by atoms with E-state index in [1.807, 2.05) is 31.2 Å². The zero-order valence-corrected chi connectivity index (χ0v) is 16.0. The quantitative estimate of drug-likeness (QED) is 0.462. The first kappa shape index (κ1) is 19.0. The molecule has 3 aromatic rings. The van der Waals surface area contributed by atoms with Gasteiger partial charge in [-0.2, -0.15) is 5.26 Å². The van der Waals surface area contributed by atoms with E-state index in [1.54, 1.807) is 35.2 Å². The molecular weight excluding hydrogens is 384 g/mol. The lowest BCUT2D eigenvalue weighted by Gasteiger charge is -2.08. The van der Waals surface area contributed by atoms with Crippen LogP contribution in [0.2, 0.25) is 5.02 Å². The van der Waals surface area contributed by atoms with Crippen LogP contribution in [0, 0.1) is 18.3 Å². The molecule has 0 aliphatic heterocycles. The van der Waals surface area contributed by atoms with Crippen molar-refractivity contribution in [3.63, 3.8) is 0 Å². The predicted molar refractivity (Wildman–Crippen MR) is 103 cm³/mol. The van der Waals surface area contributed by atoms with Crippen LogP contribution >= 0.6 is 23.4 Å². The van der Waals surface area contributed by atoms with E-state index in [9.17, 15) is 4.79 Å². The molecule has 0 aliphatic carbocycles. The minimum absolute atomic E-state index is 0.106. The Morgan fingerprint density at radius 3 is 2.78 bits per heavy atom. The van der Waals surface area contributed by atoms with Crippen molar-refractivity contribution >= 4 is 29.3 Å². The second-order valence-corrected chi connectivity index (χ2v) is 7.02. The Kier molecular flexibility index (Phi) is 6.12. The van der Waals surface area contributed by atoms with Crippen LogP contribution < -0.4 is 0 Å². The third kappa shape index (κ3) is 4.88. The Balaban J connectivity index is 1.57. The standard InChI is InChI=1S/C19H15ClN4O2S/c1-13-2-7-16(8-17(13)20)24-12-22-23-19(24)27-11-18(25)26-10-15-5-3-14(9-21)4-6-15/h2-8,12H,10-11H2,1H3. The minimum atomic E-state index is -0.360. The molecule has 1 aromatic heterocycles. The molecule has 0 saturated heterocycles. The fraction of sp³-hybridized carbons (Fsp3) is 0.158. The molecule has 8 heteroatoms. The largest absolute Gasteiger partial charge is 0.460 e. The molecule has 0 fully saturated rings. The van der Waals surface area contributed by atoms with Crippen molar-refractivity contribution in [3.05, 3.63) is 70.5 Å². The lowest BCUT2D eigenvalue weighted by Crippen LogP contribution is -2.08. The zero-order chi connectivity index (χ0) is 19.2. The molecular formula is C19H15ClN4O2S. The molecule has 0 atom stereocenters. The number of halogens is 1.